The number of amides is 2. The third-order valence-corrected chi connectivity index (χ3v) is 11.0. The van der Waals surface area contributed by atoms with Crippen LogP contribution >= 0.6 is 0 Å². The van der Waals surface area contributed by atoms with Gasteiger partial charge in [-0.3, -0.25) is 9.59 Å². The van der Waals surface area contributed by atoms with Gasteiger partial charge in [0.05, 0.1) is 11.1 Å². The summed E-state index contributed by atoms with van der Waals surface area (Å²) >= 11 is 0. The van der Waals surface area contributed by atoms with Gasteiger partial charge in [0, 0.05) is 63.1 Å². The minimum Gasteiger partial charge on any atom is -0.459 e. The lowest BCUT2D eigenvalue weighted by atomic mass is 10.0. The molecule has 0 fully saturated rings. The summed E-state index contributed by atoms with van der Waals surface area (Å²) in [6, 6.07) is 4.46. The lowest BCUT2D eigenvalue weighted by Gasteiger charge is -2.28. The Morgan fingerprint density at radius 2 is 0.982 bits per heavy atom. The molecule has 0 spiro atoms. The highest BCUT2D eigenvalue weighted by atomic mass is 28.4. The molecular formula is C39H60N2O13Si. The zero-order valence-electron chi connectivity index (χ0n) is 32.8. The third kappa shape index (κ3) is 21.9. The molecule has 15 nitrogen and oxygen atoms in total. The molecule has 0 atom stereocenters. The molecule has 16 heteroatoms. The summed E-state index contributed by atoms with van der Waals surface area (Å²) in [5.41, 5.74) is -0.356. The van der Waals surface area contributed by atoms with Crippen LogP contribution in [0.15, 0.2) is 43.5 Å². The van der Waals surface area contributed by atoms with E-state index in [1.165, 1.54) is 37.5 Å². The van der Waals surface area contributed by atoms with E-state index in [9.17, 15) is 28.8 Å². The predicted octanol–water partition coefficient (Wildman–Crippen LogP) is 5.25. The number of carbonyl (C=O) groups excluding carboxylic acids is 6. The first kappa shape index (κ1) is 48.6. The van der Waals surface area contributed by atoms with Gasteiger partial charge in [-0.1, -0.05) is 58.1 Å². The molecule has 0 bridgehead atoms. The summed E-state index contributed by atoms with van der Waals surface area (Å²) in [7, 11) is -2.55. The third-order valence-electron chi connectivity index (χ3n) is 7.83. The van der Waals surface area contributed by atoms with Crippen molar-refractivity contribution < 1.29 is 61.0 Å². The Kier molecular flexibility index (Phi) is 26.4. The molecule has 0 aliphatic heterocycles. The standard InChI is InChI=1S/C39H60N2O13Si/c1-6-35(43)48-23-25-50-38(46)32-28-31(29-33(30-32)39(47)51-26-24-49-36(44)7-2)37(45)41-22-20-34(42)40-21-18-16-14-12-11-13-15-17-19-27-55(52-8-3,53-9-4)54-10-5/h6-7,28-30H,1-2,8-27H2,3-5H3,(H,40,42)(H,41,45). The highest BCUT2D eigenvalue weighted by molar-refractivity contribution is 6.60. The van der Waals surface area contributed by atoms with Crippen molar-refractivity contribution in [2.75, 3.05) is 59.3 Å². The normalized spacial score (nSPS) is 10.9. The van der Waals surface area contributed by atoms with Crippen LogP contribution in [0.3, 0.4) is 0 Å². The van der Waals surface area contributed by atoms with Crippen molar-refractivity contribution in [3.63, 3.8) is 0 Å². The van der Waals surface area contributed by atoms with Gasteiger partial charge in [-0.2, -0.15) is 0 Å². The highest BCUT2D eigenvalue weighted by Gasteiger charge is 2.39. The summed E-state index contributed by atoms with van der Waals surface area (Å²) in [6.07, 6.45) is 11.7. The van der Waals surface area contributed by atoms with E-state index in [0.717, 1.165) is 56.7 Å². The summed E-state index contributed by atoms with van der Waals surface area (Å²) < 4.78 is 37.5. The van der Waals surface area contributed by atoms with Crippen LogP contribution in [0.5, 0.6) is 0 Å². The van der Waals surface area contributed by atoms with Crippen molar-refractivity contribution >= 4 is 44.5 Å². The molecule has 1 aromatic carbocycles. The Bertz CT molecular complexity index is 1300. The largest absolute Gasteiger partial charge is 0.500 e. The quantitative estimate of drug-likeness (QED) is 0.0316. The Hall–Kier alpha value is -4.38. The van der Waals surface area contributed by atoms with E-state index in [1.54, 1.807) is 0 Å². The van der Waals surface area contributed by atoms with E-state index in [1.807, 2.05) is 20.8 Å². The predicted molar refractivity (Wildman–Crippen MR) is 206 cm³/mol. The van der Waals surface area contributed by atoms with Crippen LogP contribution < -0.4 is 10.6 Å². The van der Waals surface area contributed by atoms with Gasteiger partial charge in [0.1, 0.15) is 26.4 Å². The first-order chi connectivity index (χ1) is 26.5. The molecule has 0 saturated heterocycles. The fraction of sp³-hybridized carbons (Fsp3) is 0.590. The summed E-state index contributed by atoms with van der Waals surface area (Å²) in [5, 5.41) is 5.48. The zero-order valence-corrected chi connectivity index (χ0v) is 33.8. The fourth-order valence-corrected chi connectivity index (χ4v) is 7.93. The average Bonchev–Trinajstić information content (AvgIpc) is 3.18. The smallest absolute Gasteiger partial charge is 0.459 e. The maximum atomic E-state index is 13.0. The lowest BCUT2D eigenvalue weighted by Crippen LogP contribution is -2.45. The van der Waals surface area contributed by atoms with Gasteiger partial charge < -0.3 is 42.9 Å². The van der Waals surface area contributed by atoms with Crippen molar-refractivity contribution in [2.45, 2.75) is 91.0 Å². The second-order valence-electron chi connectivity index (χ2n) is 12.1. The van der Waals surface area contributed by atoms with E-state index in [-0.39, 0.29) is 62.0 Å². The van der Waals surface area contributed by atoms with Gasteiger partial charge >= 0.3 is 32.7 Å². The van der Waals surface area contributed by atoms with Crippen molar-refractivity contribution in [2.24, 2.45) is 0 Å². The topological polar surface area (TPSA) is 191 Å². The summed E-state index contributed by atoms with van der Waals surface area (Å²) in [5.74, 6) is -4.04. The van der Waals surface area contributed by atoms with Crippen LogP contribution in [0.1, 0.15) is 116 Å². The molecule has 0 radical (unpaired) electrons. The number of carbonyl (C=O) groups is 6. The molecule has 308 valence electrons. The molecule has 0 heterocycles. The first-order valence-electron chi connectivity index (χ1n) is 19.1. The summed E-state index contributed by atoms with van der Waals surface area (Å²) in [4.78, 5) is 73.2. The Labute approximate surface area is 326 Å². The van der Waals surface area contributed by atoms with Gasteiger partial charge in [0.25, 0.3) is 5.91 Å². The van der Waals surface area contributed by atoms with Gasteiger partial charge in [-0.05, 0) is 51.8 Å². The van der Waals surface area contributed by atoms with Gasteiger partial charge in [-0.15, -0.1) is 0 Å². The Balaban J connectivity index is 2.46. The SMILES string of the molecule is C=CC(=O)OCCOC(=O)c1cc(C(=O)NCCC(=O)NCCCCCCCCCCC[Si](OCC)(OCC)OCC)cc(C(=O)OCCOC(=O)C=C)c1. The number of hydrogen-bond donors (Lipinski definition) is 2. The molecule has 0 unspecified atom stereocenters. The molecule has 1 rings (SSSR count). The Morgan fingerprint density at radius 1 is 0.564 bits per heavy atom. The second-order valence-corrected chi connectivity index (χ2v) is 14.8. The number of unbranched alkanes of at least 4 members (excludes halogenated alkanes) is 8. The Morgan fingerprint density at radius 3 is 1.44 bits per heavy atom. The van der Waals surface area contributed by atoms with Crippen molar-refractivity contribution in [1.82, 2.24) is 10.6 Å². The van der Waals surface area contributed by atoms with E-state index in [2.05, 4.69) is 23.8 Å². The number of nitrogens with one attached hydrogen (secondary N) is 2. The van der Waals surface area contributed by atoms with Crippen molar-refractivity contribution in [3.05, 3.63) is 60.2 Å². The highest BCUT2D eigenvalue weighted by Crippen LogP contribution is 2.21. The van der Waals surface area contributed by atoms with Crippen LogP contribution in [0, 0.1) is 0 Å². The molecule has 0 aliphatic carbocycles. The lowest BCUT2D eigenvalue weighted by molar-refractivity contribution is -0.139. The van der Waals surface area contributed by atoms with Crippen LogP contribution in [0.2, 0.25) is 6.04 Å². The zero-order chi connectivity index (χ0) is 40.7. The van der Waals surface area contributed by atoms with Gasteiger partial charge in [0.15, 0.2) is 0 Å². The van der Waals surface area contributed by atoms with Crippen LogP contribution in [0.25, 0.3) is 0 Å². The first-order valence-corrected chi connectivity index (χ1v) is 21.0. The number of ether oxygens (including phenoxy) is 4. The van der Waals surface area contributed by atoms with Crippen molar-refractivity contribution in [3.8, 4) is 0 Å². The van der Waals surface area contributed by atoms with E-state index < -0.39 is 38.6 Å². The fourth-order valence-electron chi connectivity index (χ4n) is 5.25. The number of rotatable bonds is 32. The maximum Gasteiger partial charge on any atom is 0.500 e. The van der Waals surface area contributed by atoms with Crippen LogP contribution in [0.4, 0.5) is 0 Å². The van der Waals surface area contributed by atoms with Crippen LogP contribution in [-0.4, -0.2) is 104 Å². The molecule has 2 amide bonds. The number of benzene rings is 1. The van der Waals surface area contributed by atoms with E-state index in [4.69, 9.17) is 32.2 Å². The minimum atomic E-state index is -2.55. The molecule has 55 heavy (non-hydrogen) atoms. The number of hydrogen-bond acceptors (Lipinski definition) is 13. The molecule has 0 saturated carbocycles. The van der Waals surface area contributed by atoms with Gasteiger partial charge in [0.2, 0.25) is 5.91 Å². The average molecular weight is 793 g/mol. The maximum absolute atomic E-state index is 13.0. The monoisotopic (exact) mass is 792 g/mol. The van der Waals surface area contributed by atoms with Crippen LogP contribution in [-0.2, 0) is 46.6 Å². The second kappa shape index (κ2) is 29.9. The van der Waals surface area contributed by atoms with E-state index in [0.29, 0.717) is 26.4 Å². The van der Waals surface area contributed by atoms with Crippen molar-refractivity contribution in [1.29, 1.82) is 0 Å². The number of esters is 4. The minimum absolute atomic E-state index is 0.00845. The van der Waals surface area contributed by atoms with Gasteiger partial charge in [-0.25, -0.2) is 19.2 Å². The molecule has 2 N–H and O–H groups in total. The van der Waals surface area contributed by atoms with E-state index >= 15 is 0 Å². The molecule has 0 aromatic heterocycles. The molecule has 0 aliphatic rings. The molecular weight excluding hydrogens is 733 g/mol. The molecule has 1 aromatic rings. The summed E-state index contributed by atoms with van der Waals surface area (Å²) in [6.45, 7) is 13.8.